The molecule has 0 bridgehead atoms. The first-order chi connectivity index (χ1) is 20.8. The summed E-state index contributed by atoms with van der Waals surface area (Å²) in [6.45, 7) is 4.88. The van der Waals surface area contributed by atoms with Gasteiger partial charge in [0.2, 0.25) is 6.73 Å². The second kappa shape index (κ2) is 12.3. The molecular weight excluding hydrogens is 553 g/mol. The van der Waals surface area contributed by atoms with Crippen LogP contribution in [0.15, 0.2) is 57.8 Å². The number of hydrogen-bond donors (Lipinski definition) is 2. The highest BCUT2D eigenvalue weighted by Gasteiger charge is 2.38. The van der Waals surface area contributed by atoms with E-state index in [1.165, 1.54) is 12.1 Å². The first-order valence-electron chi connectivity index (χ1n) is 14.9. The number of likely N-dealkylation sites (tertiary alicyclic amines) is 1. The Morgan fingerprint density at radius 1 is 1.19 bits per heavy atom. The van der Waals surface area contributed by atoms with Gasteiger partial charge in [-0.05, 0) is 37.5 Å². The Labute approximate surface area is 248 Å². The van der Waals surface area contributed by atoms with Crippen molar-refractivity contribution < 1.29 is 28.0 Å². The van der Waals surface area contributed by atoms with Gasteiger partial charge in [-0.1, -0.05) is 35.5 Å². The molecule has 43 heavy (non-hydrogen) atoms. The molecule has 1 fully saturated rings. The summed E-state index contributed by atoms with van der Waals surface area (Å²) in [5.41, 5.74) is 3.40. The average Bonchev–Trinajstić information content (AvgIpc) is 3.43. The Bertz CT molecular complexity index is 1660. The standard InChI is InChI=1S/C32H36FN5O5/c1-21-25(31(40)37-14-5-8-27(39)30(37)35-21)13-17-38(20-42-32(41)34-19-22-6-3-2-4-7-22)15-11-23(12-16-38)29-26-10-9-24(33)18-28(26)43-36-29/h2-4,6-7,9-10,18,23,27,39H,5,8,11-17,19-20H2,1H3/p+1. The van der Waals surface area contributed by atoms with Gasteiger partial charge in [-0.25, -0.2) is 14.2 Å². The summed E-state index contributed by atoms with van der Waals surface area (Å²) < 4.78 is 27.0. The highest BCUT2D eigenvalue weighted by Crippen LogP contribution is 2.35. The van der Waals surface area contributed by atoms with Crippen LogP contribution in [-0.2, 0) is 24.2 Å². The summed E-state index contributed by atoms with van der Waals surface area (Å²) in [4.78, 5) is 30.8. The zero-order valence-corrected chi connectivity index (χ0v) is 24.3. The number of alkyl carbamates (subject to hydrolysis) is 1. The fourth-order valence-corrected chi connectivity index (χ4v) is 6.45. The Hall–Kier alpha value is -4.09. The van der Waals surface area contributed by atoms with Gasteiger partial charge in [-0.3, -0.25) is 13.8 Å². The molecule has 4 heterocycles. The van der Waals surface area contributed by atoms with E-state index in [4.69, 9.17) is 9.26 Å². The molecule has 6 rings (SSSR count). The van der Waals surface area contributed by atoms with E-state index < -0.39 is 12.2 Å². The zero-order valence-electron chi connectivity index (χ0n) is 24.3. The monoisotopic (exact) mass is 590 g/mol. The van der Waals surface area contributed by atoms with Gasteiger partial charge >= 0.3 is 6.09 Å². The lowest BCUT2D eigenvalue weighted by atomic mass is 9.90. The molecule has 1 saturated heterocycles. The number of carbonyl (C=O) groups is 1. The van der Waals surface area contributed by atoms with Gasteiger partial charge in [-0.15, -0.1) is 0 Å². The number of aromatic nitrogens is 3. The largest absolute Gasteiger partial charge is 0.411 e. The third kappa shape index (κ3) is 6.18. The van der Waals surface area contributed by atoms with E-state index >= 15 is 0 Å². The van der Waals surface area contributed by atoms with Crippen LogP contribution in [0.2, 0.25) is 0 Å². The van der Waals surface area contributed by atoms with Crippen molar-refractivity contribution in [3.05, 3.63) is 93.0 Å². The highest BCUT2D eigenvalue weighted by atomic mass is 19.1. The minimum Gasteiger partial charge on any atom is -0.399 e. The fourth-order valence-electron chi connectivity index (χ4n) is 6.45. The summed E-state index contributed by atoms with van der Waals surface area (Å²) in [7, 11) is 0. The third-order valence-electron chi connectivity index (χ3n) is 8.99. The van der Waals surface area contributed by atoms with Crippen molar-refractivity contribution in [1.82, 2.24) is 20.0 Å². The average molecular weight is 591 g/mol. The van der Waals surface area contributed by atoms with E-state index in [9.17, 15) is 19.1 Å². The lowest BCUT2D eigenvalue weighted by Crippen LogP contribution is -2.56. The van der Waals surface area contributed by atoms with Crippen molar-refractivity contribution in [3.8, 4) is 0 Å². The van der Waals surface area contributed by atoms with Crippen molar-refractivity contribution in [3.63, 3.8) is 0 Å². The van der Waals surface area contributed by atoms with Crippen LogP contribution in [-0.4, -0.2) is 56.8 Å². The maximum absolute atomic E-state index is 13.7. The molecule has 2 aromatic heterocycles. The second-order valence-electron chi connectivity index (χ2n) is 11.8. The Morgan fingerprint density at radius 2 is 1.98 bits per heavy atom. The first-order valence-corrected chi connectivity index (χ1v) is 14.9. The molecule has 0 spiro atoms. The maximum atomic E-state index is 13.7. The van der Waals surface area contributed by atoms with Crippen LogP contribution in [0.1, 0.15) is 66.0 Å². The quantitative estimate of drug-likeness (QED) is 0.291. The number of nitrogens with one attached hydrogen (secondary N) is 1. The molecule has 0 radical (unpaired) electrons. The Morgan fingerprint density at radius 3 is 2.77 bits per heavy atom. The minimum atomic E-state index is -0.724. The number of aliphatic hydroxyl groups is 1. The summed E-state index contributed by atoms with van der Waals surface area (Å²) in [6, 6.07) is 14.1. The normalized spacial score (nSPS) is 21.8. The van der Waals surface area contributed by atoms with Crippen molar-refractivity contribution in [2.75, 3.05) is 26.4 Å². The van der Waals surface area contributed by atoms with Crippen LogP contribution in [0.25, 0.3) is 11.0 Å². The van der Waals surface area contributed by atoms with Crippen molar-refractivity contribution in [2.45, 2.75) is 64.1 Å². The van der Waals surface area contributed by atoms with Gasteiger partial charge in [0.15, 0.2) is 5.58 Å². The lowest BCUT2D eigenvalue weighted by Gasteiger charge is -2.42. The van der Waals surface area contributed by atoms with Gasteiger partial charge in [0, 0.05) is 61.0 Å². The number of piperidine rings is 1. The van der Waals surface area contributed by atoms with Gasteiger partial charge < -0.3 is 19.7 Å². The van der Waals surface area contributed by atoms with Gasteiger partial charge in [0.05, 0.1) is 25.3 Å². The number of hydrogen-bond acceptors (Lipinski definition) is 7. The number of aliphatic hydroxyl groups excluding tert-OH is 1. The summed E-state index contributed by atoms with van der Waals surface area (Å²) in [6.07, 6.45) is 2.12. The summed E-state index contributed by atoms with van der Waals surface area (Å²) in [5, 5.41) is 18.3. The molecule has 1 unspecified atom stereocenters. The van der Waals surface area contributed by atoms with E-state index in [0.29, 0.717) is 72.7 Å². The number of amides is 1. The number of rotatable bonds is 8. The molecule has 0 aliphatic carbocycles. The van der Waals surface area contributed by atoms with E-state index in [0.717, 1.165) is 35.9 Å². The van der Waals surface area contributed by atoms with Crippen molar-refractivity contribution >= 4 is 17.1 Å². The molecule has 2 N–H and O–H groups in total. The number of carbonyl (C=O) groups excluding carboxylic acids is 1. The first kappa shape index (κ1) is 29.0. The van der Waals surface area contributed by atoms with E-state index in [-0.39, 0.29) is 24.0 Å². The van der Waals surface area contributed by atoms with E-state index in [2.05, 4.69) is 15.5 Å². The Kier molecular flexibility index (Phi) is 8.27. The molecule has 11 heteroatoms. The molecule has 2 aliphatic rings. The summed E-state index contributed by atoms with van der Waals surface area (Å²) >= 11 is 0. The second-order valence-corrected chi connectivity index (χ2v) is 11.8. The molecule has 2 aromatic carbocycles. The number of nitrogens with zero attached hydrogens (tertiary/aromatic N) is 4. The number of fused-ring (bicyclic) bond motifs is 2. The SMILES string of the molecule is Cc1nc2n(c(=O)c1CC[N+]1(COC(=O)NCc3ccccc3)CCC(c3noc4cc(F)ccc34)CC1)CCCC2O. The van der Waals surface area contributed by atoms with Gasteiger partial charge in [0.1, 0.15) is 17.7 Å². The van der Waals surface area contributed by atoms with E-state index in [1.54, 1.807) is 10.6 Å². The fraction of sp³-hybridized carbons (Fsp3) is 0.438. The Balaban J connectivity index is 1.18. The maximum Gasteiger partial charge on any atom is 0.411 e. The van der Waals surface area contributed by atoms with Crippen molar-refractivity contribution in [2.24, 2.45) is 0 Å². The molecule has 4 aromatic rings. The third-order valence-corrected chi connectivity index (χ3v) is 8.99. The molecule has 1 atom stereocenters. The van der Waals surface area contributed by atoms with Gasteiger partial charge in [0.25, 0.3) is 5.56 Å². The number of quaternary nitrogens is 1. The molecular formula is C32H37FN5O5+. The van der Waals surface area contributed by atoms with E-state index in [1.807, 2.05) is 37.3 Å². The molecule has 1 amide bonds. The number of benzene rings is 2. The number of aryl methyl sites for hydroxylation is 1. The molecule has 10 nitrogen and oxygen atoms in total. The van der Waals surface area contributed by atoms with Crippen molar-refractivity contribution in [1.29, 1.82) is 0 Å². The predicted molar refractivity (Wildman–Crippen MR) is 157 cm³/mol. The number of halogens is 1. The predicted octanol–water partition coefficient (Wildman–Crippen LogP) is 4.48. The lowest BCUT2D eigenvalue weighted by molar-refractivity contribution is -0.947. The topological polar surface area (TPSA) is 119 Å². The van der Waals surface area contributed by atoms with Crippen LogP contribution >= 0.6 is 0 Å². The van der Waals surface area contributed by atoms with Crippen LogP contribution in [0, 0.1) is 12.7 Å². The van der Waals surface area contributed by atoms with Crippen LogP contribution in [0.4, 0.5) is 9.18 Å². The zero-order chi connectivity index (χ0) is 30.0. The molecule has 2 aliphatic heterocycles. The smallest absolute Gasteiger partial charge is 0.399 e. The summed E-state index contributed by atoms with van der Waals surface area (Å²) in [5.74, 6) is 0.194. The van der Waals surface area contributed by atoms with Crippen LogP contribution < -0.4 is 10.9 Å². The van der Waals surface area contributed by atoms with Crippen LogP contribution in [0.3, 0.4) is 0 Å². The minimum absolute atomic E-state index is 0.0999. The van der Waals surface area contributed by atoms with Crippen LogP contribution in [0.5, 0.6) is 0 Å². The molecule has 0 saturated carbocycles. The molecule has 226 valence electrons. The van der Waals surface area contributed by atoms with Gasteiger partial charge in [-0.2, -0.15) is 0 Å². The number of ether oxygens (including phenoxy) is 1. The highest BCUT2D eigenvalue weighted by molar-refractivity contribution is 5.79.